The van der Waals surface area contributed by atoms with Gasteiger partial charge < -0.3 is 9.64 Å². The van der Waals surface area contributed by atoms with E-state index in [1.165, 1.54) is 12.5 Å². The van der Waals surface area contributed by atoms with Crippen LogP contribution < -0.4 is 4.90 Å². The number of rotatable bonds is 3. The molecule has 15 heavy (non-hydrogen) atoms. The number of anilines is 1. The first-order valence-corrected chi connectivity index (χ1v) is 4.98. The second-order valence-electron chi connectivity index (χ2n) is 3.61. The van der Waals surface area contributed by atoms with Crippen LogP contribution in [0.3, 0.4) is 0 Å². The summed E-state index contributed by atoms with van der Waals surface area (Å²) in [5.74, 6) is -0.261. The molecule has 3 nitrogen and oxygen atoms in total. The van der Waals surface area contributed by atoms with Gasteiger partial charge in [-0.3, -0.25) is 4.79 Å². The third-order valence-electron chi connectivity index (χ3n) is 2.38. The van der Waals surface area contributed by atoms with Crippen LogP contribution in [0.2, 0.25) is 0 Å². The van der Waals surface area contributed by atoms with Crippen LogP contribution in [0.25, 0.3) is 0 Å². The Morgan fingerprint density at radius 2 is 2.00 bits per heavy atom. The molecule has 1 rings (SSSR count). The second kappa shape index (κ2) is 4.82. The molecule has 1 aromatic carbocycles. The van der Waals surface area contributed by atoms with Gasteiger partial charge in [0.15, 0.2) is 6.23 Å². The maximum atomic E-state index is 10.8. The van der Waals surface area contributed by atoms with Crippen molar-refractivity contribution in [2.24, 2.45) is 0 Å². The third kappa shape index (κ3) is 2.98. The summed E-state index contributed by atoms with van der Waals surface area (Å²) in [4.78, 5) is 12.8. The van der Waals surface area contributed by atoms with Crippen LogP contribution in [0.5, 0.6) is 0 Å². The van der Waals surface area contributed by atoms with E-state index in [1.807, 2.05) is 50.1 Å². The predicted octanol–water partition coefficient (Wildman–Crippen LogP) is 2.34. The summed E-state index contributed by atoms with van der Waals surface area (Å²) < 4.78 is 5.11. The highest BCUT2D eigenvalue weighted by Gasteiger charge is 2.13. The molecule has 82 valence electrons. The van der Waals surface area contributed by atoms with Gasteiger partial charge in [0.05, 0.1) is 0 Å². The molecule has 0 saturated carbocycles. The van der Waals surface area contributed by atoms with Crippen LogP contribution in [-0.2, 0) is 9.53 Å². The molecular formula is C12H17NO2. The van der Waals surface area contributed by atoms with E-state index in [1.54, 1.807) is 0 Å². The number of aryl methyl sites for hydroxylation is 1. The molecule has 1 atom stereocenters. The van der Waals surface area contributed by atoms with E-state index < -0.39 is 0 Å². The van der Waals surface area contributed by atoms with Crippen LogP contribution in [0.4, 0.5) is 5.69 Å². The van der Waals surface area contributed by atoms with Crippen molar-refractivity contribution in [3.63, 3.8) is 0 Å². The number of carbonyl (C=O) groups excluding carboxylic acids is 1. The normalized spacial score (nSPS) is 12.0. The molecule has 0 spiro atoms. The van der Waals surface area contributed by atoms with Crippen molar-refractivity contribution >= 4 is 11.7 Å². The lowest BCUT2D eigenvalue weighted by Crippen LogP contribution is -2.33. The minimum absolute atomic E-state index is 0.247. The van der Waals surface area contributed by atoms with Crippen molar-refractivity contribution in [2.75, 3.05) is 11.9 Å². The maximum Gasteiger partial charge on any atom is 0.304 e. The van der Waals surface area contributed by atoms with Crippen LogP contribution in [0.15, 0.2) is 24.3 Å². The molecule has 0 bridgehead atoms. The largest absolute Gasteiger partial charge is 0.442 e. The lowest BCUT2D eigenvalue weighted by Gasteiger charge is -2.27. The molecule has 0 amide bonds. The number of hydrogen-bond donors (Lipinski definition) is 0. The SMILES string of the molecule is CC(=O)OC(C)N(C)c1ccccc1C. The van der Waals surface area contributed by atoms with Crippen LogP contribution in [-0.4, -0.2) is 19.2 Å². The molecule has 0 saturated heterocycles. The Morgan fingerprint density at radius 1 is 1.40 bits per heavy atom. The topological polar surface area (TPSA) is 29.5 Å². The Balaban J connectivity index is 2.80. The first-order chi connectivity index (χ1) is 7.02. The van der Waals surface area contributed by atoms with E-state index >= 15 is 0 Å². The van der Waals surface area contributed by atoms with Gasteiger partial charge in [0, 0.05) is 19.7 Å². The van der Waals surface area contributed by atoms with Gasteiger partial charge >= 0.3 is 5.97 Å². The Morgan fingerprint density at radius 3 is 2.53 bits per heavy atom. The molecule has 0 aliphatic heterocycles. The fourth-order valence-electron chi connectivity index (χ4n) is 1.47. The number of para-hydroxylation sites is 1. The van der Waals surface area contributed by atoms with E-state index in [9.17, 15) is 4.79 Å². The zero-order valence-electron chi connectivity index (χ0n) is 9.65. The van der Waals surface area contributed by atoms with Crippen LogP contribution in [0.1, 0.15) is 19.4 Å². The molecule has 0 heterocycles. The fourth-order valence-corrected chi connectivity index (χ4v) is 1.47. The van der Waals surface area contributed by atoms with Crippen LogP contribution >= 0.6 is 0 Å². The minimum atomic E-state index is -0.261. The van der Waals surface area contributed by atoms with Gasteiger partial charge in [-0.25, -0.2) is 0 Å². The summed E-state index contributed by atoms with van der Waals surface area (Å²) >= 11 is 0. The molecule has 0 fully saturated rings. The number of carbonyl (C=O) groups is 1. The van der Waals surface area contributed by atoms with Crippen molar-refractivity contribution in [2.45, 2.75) is 27.0 Å². The van der Waals surface area contributed by atoms with E-state index in [0.717, 1.165) is 5.69 Å². The third-order valence-corrected chi connectivity index (χ3v) is 2.38. The Hall–Kier alpha value is -1.51. The monoisotopic (exact) mass is 207 g/mol. The van der Waals surface area contributed by atoms with Crippen LogP contribution in [0, 0.1) is 6.92 Å². The van der Waals surface area contributed by atoms with Crippen molar-refractivity contribution in [1.29, 1.82) is 0 Å². The Labute approximate surface area is 90.7 Å². The average Bonchev–Trinajstić information content (AvgIpc) is 2.16. The zero-order valence-corrected chi connectivity index (χ0v) is 9.65. The molecule has 0 aliphatic rings. The maximum absolute atomic E-state index is 10.8. The first kappa shape index (κ1) is 11.6. The highest BCUT2D eigenvalue weighted by Crippen LogP contribution is 2.20. The number of ether oxygens (including phenoxy) is 1. The van der Waals surface area contributed by atoms with E-state index in [4.69, 9.17) is 4.74 Å². The lowest BCUT2D eigenvalue weighted by molar-refractivity contribution is -0.145. The van der Waals surface area contributed by atoms with Crippen molar-refractivity contribution < 1.29 is 9.53 Å². The smallest absolute Gasteiger partial charge is 0.304 e. The standard InChI is InChI=1S/C12H17NO2/c1-9-7-5-6-8-12(9)13(4)10(2)15-11(3)14/h5-8,10H,1-4H3. The summed E-state index contributed by atoms with van der Waals surface area (Å²) in [6, 6.07) is 8.00. The number of nitrogens with zero attached hydrogens (tertiary/aromatic N) is 1. The van der Waals surface area contributed by atoms with E-state index in [2.05, 4.69) is 0 Å². The summed E-state index contributed by atoms with van der Waals surface area (Å²) in [6.07, 6.45) is -0.247. The second-order valence-corrected chi connectivity index (χ2v) is 3.61. The quantitative estimate of drug-likeness (QED) is 0.563. The van der Waals surface area contributed by atoms with E-state index in [0.29, 0.717) is 0 Å². The van der Waals surface area contributed by atoms with Crippen molar-refractivity contribution in [1.82, 2.24) is 0 Å². The Kier molecular flexibility index (Phi) is 3.72. The molecule has 0 aromatic heterocycles. The van der Waals surface area contributed by atoms with Gasteiger partial charge in [0.2, 0.25) is 0 Å². The van der Waals surface area contributed by atoms with E-state index in [-0.39, 0.29) is 12.2 Å². The molecule has 0 N–H and O–H groups in total. The number of esters is 1. The Bertz CT molecular complexity index is 349. The summed E-state index contributed by atoms with van der Waals surface area (Å²) in [5, 5.41) is 0. The van der Waals surface area contributed by atoms with Gasteiger partial charge in [0.25, 0.3) is 0 Å². The lowest BCUT2D eigenvalue weighted by atomic mass is 10.2. The van der Waals surface area contributed by atoms with Gasteiger partial charge in [-0.2, -0.15) is 0 Å². The zero-order chi connectivity index (χ0) is 11.4. The summed E-state index contributed by atoms with van der Waals surface area (Å²) in [5.41, 5.74) is 2.24. The molecule has 1 aromatic rings. The highest BCUT2D eigenvalue weighted by molar-refractivity contribution is 5.66. The molecular weight excluding hydrogens is 190 g/mol. The predicted molar refractivity (Wildman–Crippen MR) is 60.8 cm³/mol. The van der Waals surface area contributed by atoms with Gasteiger partial charge in [0.1, 0.15) is 0 Å². The van der Waals surface area contributed by atoms with Crippen molar-refractivity contribution in [3.8, 4) is 0 Å². The first-order valence-electron chi connectivity index (χ1n) is 4.98. The summed E-state index contributed by atoms with van der Waals surface area (Å²) in [7, 11) is 1.91. The average molecular weight is 207 g/mol. The molecule has 0 aliphatic carbocycles. The summed E-state index contributed by atoms with van der Waals surface area (Å²) in [6.45, 7) is 5.31. The molecule has 1 unspecified atom stereocenters. The molecule has 3 heteroatoms. The number of benzene rings is 1. The fraction of sp³-hybridized carbons (Fsp3) is 0.417. The highest BCUT2D eigenvalue weighted by atomic mass is 16.6. The molecule has 0 radical (unpaired) electrons. The van der Waals surface area contributed by atoms with Crippen molar-refractivity contribution in [3.05, 3.63) is 29.8 Å². The number of hydrogen-bond acceptors (Lipinski definition) is 3. The van der Waals surface area contributed by atoms with Gasteiger partial charge in [-0.15, -0.1) is 0 Å². The van der Waals surface area contributed by atoms with Gasteiger partial charge in [-0.05, 0) is 25.5 Å². The minimum Gasteiger partial charge on any atom is -0.442 e. The van der Waals surface area contributed by atoms with Gasteiger partial charge in [-0.1, -0.05) is 18.2 Å².